The second-order valence-electron chi connectivity index (χ2n) is 3.89. The van der Waals surface area contributed by atoms with Gasteiger partial charge in [0.15, 0.2) is 0 Å². The molecule has 3 nitrogen and oxygen atoms in total. The molecule has 0 N–H and O–H groups in total. The first kappa shape index (κ1) is 14.4. The van der Waals surface area contributed by atoms with Crippen LogP contribution in [0.5, 0.6) is 0 Å². The Bertz CT molecular complexity index is 165. The van der Waals surface area contributed by atoms with Gasteiger partial charge in [-0.3, -0.25) is 4.79 Å². The fraction of sp³-hybridized carbons (Fsp3) is 0.917. The minimum Gasteiger partial charge on any atom is -0.381 e. The van der Waals surface area contributed by atoms with Gasteiger partial charge in [0, 0.05) is 19.7 Å². The minimum absolute atomic E-state index is 0.0111. The van der Waals surface area contributed by atoms with Gasteiger partial charge in [0.1, 0.15) is 0 Å². The van der Waals surface area contributed by atoms with Crippen LogP contribution in [0, 0.1) is 5.92 Å². The smallest absolute Gasteiger partial charge is 0.227 e. The summed E-state index contributed by atoms with van der Waals surface area (Å²) in [5.74, 6) is 0.218. The zero-order valence-electron chi connectivity index (χ0n) is 10.6. The lowest BCUT2D eigenvalue weighted by Gasteiger charge is -2.24. The predicted octanol–water partition coefficient (Wildman–Crippen LogP) is 2.31. The van der Waals surface area contributed by atoms with Crippen molar-refractivity contribution in [3.63, 3.8) is 0 Å². The van der Waals surface area contributed by atoms with Crippen LogP contribution in [0.25, 0.3) is 0 Å². The van der Waals surface area contributed by atoms with E-state index in [1.807, 2.05) is 18.7 Å². The Morgan fingerprint density at radius 2 is 1.73 bits per heavy atom. The number of carbonyl (C=O) groups is 1. The zero-order chi connectivity index (χ0) is 11.7. The van der Waals surface area contributed by atoms with Crippen molar-refractivity contribution < 1.29 is 9.53 Å². The molecule has 0 aromatic carbocycles. The van der Waals surface area contributed by atoms with Gasteiger partial charge in [-0.15, -0.1) is 0 Å². The maximum Gasteiger partial charge on any atom is 0.227 e. The topological polar surface area (TPSA) is 29.5 Å². The van der Waals surface area contributed by atoms with Crippen LogP contribution < -0.4 is 0 Å². The molecule has 0 aliphatic carbocycles. The fourth-order valence-electron chi connectivity index (χ4n) is 1.55. The van der Waals surface area contributed by atoms with E-state index < -0.39 is 0 Å². The van der Waals surface area contributed by atoms with E-state index in [9.17, 15) is 4.79 Å². The first-order valence-corrected chi connectivity index (χ1v) is 6.03. The Balaban J connectivity index is 4.08. The van der Waals surface area contributed by atoms with E-state index in [1.165, 1.54) is 0 Å². The van der Waals surface area contributed by atoms with E-state index in [0.29, 0.717) is 13.2 Å². The molecule has 0 bridgehead atoms. The maximum absolute atomic E-state index is 12.0. The standard InChI is InChI=1S/C12H25NO2/c1-5-8-13(9-6-2)12(14)11(4)10-15-7-3/h11H,5-10H2,1-4H3. The quantitative estimate of drug-likeness (QED) is 0.622. The van der Waals surface area contributed by atoms with Gasteiger partial charge in [-0.1, -0.05) is 20.8 Å². The lowest BCUT2D eigenvalue weighted by molar-refractivity contribution is -0.137. The zero-order valence-corrected chi connectivity index (χ0v) is 10.6. The molecule has 1 atom stereocenters. The van der Waals surface area contributed by atoms with Crippen LogP contribution >= 0.6 is 0 Å². The number of nitrogens with zero attached hydrogens (tertiary/aromatic N) is 1. The summed E-state index contributed by atoms with van der Waals surface area (Å²) >= 11 is 0. The molecule has 0 rings (SSSR count). The van der Waals surface area contributed by atoms with Crippen LogP contribution in [0.2, 0.25) is 0 Å². The average Bonchev–Trinajstić information content (AvgIpc) is 2.24. The highest BCUT2D eigenvalue weighted by molar-refractivity contribution is 5.78. The molecule has 0 aromatic heterocycles. The summed E-state index contributed by atoms with van der Waals surface area (Å²) in [7, 11) is 0. The van der Waals surface area contributed by atoms with Crippen LogP contribution in [0.1, 0.15) is 40.5 Å². The van der Waals surface area contributed by atoms with Gasteiger partial charge >= 0.3 is 0 Å². The minimum atomic E-state index is -0.0111. The first-order chi connectivity index (χ1) is 7.17. The number of amides is 1. The largest absolute Gasteiger partial charge is 0.381 e. The molecule has 1 amide bonds. The summed E-state index contributed by atoms with van der Waals surface area (Å²) in [6, 6.07) is 0. The molecule has 3 heteroatoms. The molecule has 0 aromatic rings. The number of rotatable bonds is 8. The summed E-state index contributed by atoms with van der Waals surface area (Å²) < 4.78 is 5.28. The normalized spacial score (nSPS) is 12.5. The van der Waals surface area contributed by atoms with Crippen molar-refractivity contribution in [1.29, 1.82) is 0 Å². The Labute approximate surface area is 93.8 Å². The molecule has 90 valence electrons. The highest BCUT2D eigenvalue weighted by Gasteiger charge is 2.18. The van der Waals surface area contributed by atoms with Crippen molar-refractivity contribution >= 4 is 5.91 Å². The van der Waals surface area contributed by atoms with E-state index in [4.69, 9.17) is 4.74 Å². The number of hydrogen-bond donors (Lipinski definition) is 0. The van der Waals surface area contributed by atoms with E-state index in [2.05, 4.69) is 13.8 Å². The van der Waals surface area contributed by atoms with Crippen molar-refractivity contribution in [3.8, 4) is 0 Å². The van der Waals surface area contributed by atoms with Crippen molar-refractivity contribution in [2.75, 3.05) is 26.3 Å². The molecule has 0 fully saturated rings. The maximum atomic E-state index is 12.0. The highest BCUT2D eigenvalue weighted by atomic mass is 16.5. The molecule has 0 aliphatic rings. The first-order valence-electron chi connectivity index (χ1n) is 6.03. The highest BCUT2D eigenvalue weighted by Crippen LogP contribution is 2.05. The second kappa shape index (κ2) is 8.72. The third-order valence-corrected chi connectivity index (χ3v) is 2.29. The molecule has 0 radical (unpaired) electrons. The Morgan fingerprint density at radius 1 is 1.20 bits per heavy atom. The van der Waals surface area contributed by atoms with Crippen molar-refractivity contribution in [2.24, 2.45) is 5.92 Å². The molecule has 15 heavy (non-hydrogen) atoms. The second-order valence-corrected chi connectivity index (χ2v) is 3.89. The van der Waals surface area contributed by atoms with Crippen molar-refractivity contribution in [2.45, 2.75) is 40.5 Å². The van der Waals surface area contributed by atoms with Gasteiger partial charge in [-0.05, 0) is 19.8 Å². The molecular weight excluding hydrogens is 190 g/mol. The van der Waals surface area contributed by atoms with Crippen LogP contribution in [-0.4, -0.2) is 37.1 Å². The molecule has 0 spiro atoms. The third-order valence-electron chi connectivity index (χ3n) is 2.29. The van der Waals surface area contributed by atoms with Crippen LogP contribution in [0.15, 0.2) is 0 Å². The van der Waals surface area contributed by atoms with Gasteiger partial charge in [0.2, 0.25) is 5.91 Å². The van der Waals surface area contributed by atoms with Crippen LogP contribution in [-0.2, 0) is 9.53 Å². The Hall–Kier alpha value is -0.570. The van der Waals surface area contributed by atoms with Crippen LogP contribution in [0.3, 0.4) is 0 Å². The van der Waals surface area contributed by atoms with E-state index in [-0.39, 0.29) is 11.8 Å². The predicted molar refractivity (Wildman–Crippen MR) is 62.8 cm³/mol. The third kappa shape index (κ3) is 5.78. The van der Waals surface area contributed by atoms with Gasteiger partial charge in [-0.25, -0.2) is 0 Å². The van der Waals surface area contributed by atoms with Gasteiger partial charge in [0.25, 0.3) is 0 Å². The number of hydrogen-bond acceptors (Lipinski definition) is 2. The summed E-state index contributed by atoms with van der Waals surface area (Å²) in [6.45, 7) is 11.0. The lowest BCUT2D eigenvalue weighted by Crippen LogP contribution is -2.37. The summed E-state index contributed by atoms with van der Waals surface area (Å²) in [5.41, 5.74) is 0. The van der Waals surface area contributed by atoms with E-state index in [1.54, 1.807) is 0 Å². The summed E-state index contributed by atoms with van der Waals surface area (Å²) in [4.78, 5) is 13.9. The molecule has 1 unspecified atom stereocenters. The Kier molecular flexibility index (Phi) is 8.38. The monoisotopic (exact) mass is 215 g/mol. The average molecular weight is 215 g/mol. The Morgan fingerprint density at radius 3 is 2.13 bits per heavy atom. The molecular formula is C12H25NO2. The van der Waals surface area contributed by atoms with Crippen LogP contribution in [0.4, 0.5) is 0 Å². The SMILES string of the molecule is CCCN(CCC)C(=O)C(C)COCC. The van der Waals surface area contributed by atoms with E-state index >= 15 is 0 Å². The molecule has 0 saturated carbocycles. The fourth-order valence-corrected chi connectivity index (χ4v) is 1.55. The molecule has 0 aliphatic heterocycles. The van der Waals surface area contributed by atoms with Crippen molar-refractivity contribution in [1.82, 2.24) is 4.90 Å². The summed E-state index contributed by atoms with van der Waals surface area (Å²) in [6.07, 6.45) is 2.04. The number of ether oxygens (including phenoxy) is 1. The van der Waals surface area contributed by atoms with Gasteiger partial charge in [-0.2, -0.15) is 0 Å². The van der Waals surface area contributed by atoms with Gasteiger partial charge < -0.3 is 9.64 Å². The lowest BCUT2D eigenvalue weighted by atomic mass is 10.1. The molecule has 0 saturated heterocycles. The number of carbonyl (C=O) groups excluding carboxylic acids is 1. The van der Waals surface area contributed by atoms with Crippen molar-refractivity contribution in [3.05, 3.63) is 0 Å². The molecule has 0 heterocycles. The summed E-state index contributed by atoms with van der Waals surface area (Å²) in [5, 5.41) is 0. The van der Waals surface area contributed by atoms with E-state index in [0.717, 1.165) is 25.9 Å². The van der Waals surface area contributed by atoms with Gasteiger partial charge in [0.05, 0.1) is 12.5 Å².